The number of carboxylic acids is 1. The van der Waals surface area contributed by atoms with Crippen LogP contribution in [0.4, 0.5) is 26.3 Å². The van der Waals surface area contributed by atoms with Crippen molar-refractivity contribution in [3.05, 3.63) is 51.9 Å². The number of carboxylic acid groups (broad SMARTS) is 1. The Morgan fingerprint density at radius 2 is 1.58 bits per heavy atom. The van der Waals surface area contributed by atoms with Crippen LogP contribution >= 0.6 is 15.9 Å². The molecule has 1 N–H and O–H groups in total. The number of hydrogen-bond donors (Lipinski definition) is 1. The maximum Gasteiger partial charge on any atom is 0.416 e. The lowest BCUT2D eigenvalue weighted by molar-refractivity contribution is -0.143. The maximum atomic E-state index is 12.9. The lowest BCUT2D eigenvalue weighted by Crippen LogP contribution is -2.11. The molecule has 2 rings (SSSR count). The Morgan fingerprint density at radius 1 is 1.04 bits per heavy atom. The highest BCUT2D eigenvalue weighted by molar-refractivity contribution is 9.12. The van der Waals surface area contributed by atoms with Crippen molar-refractivity contribution in [1.82, 2.24) is 9.97 Å². The summed E-state index contributed by atoms with van der Waals surface area (Å²) in [5.41, 5.74) is -3.63. The minimum Gasteiger partial charge on any atom is -0.477 e. The van der Waals surface area contributed by atoms with Crippen molar-refractivity contribution in [2.75, 3.05) is 0 Å². The van der Waals surface area contributed by atoms with E-state index in [9.17, 15) is 31.1 Å². The number of alkyl halides is 6. The molecule has 0 unspecified atom stereocenters. The van der Waals surface area contributed by atoms with E-state index in [1.165, 1.54) is 0 Å². The lowest BCUT2D eigenvalue weighted by Gasteiger charge is -2.14. The van der Waals surface area contributed by atoms with Crippen molar-refractivity contribution in [3.8, 4) is 11.3 Å². The Morgan fingerprint density at radius 3 is 2.04 bits per heavy atom. The minimum absolute atomic E-state index is 0.00647. The summed E-state index contributed by atoms with van der Waals surface area (Å²) in [5, 5.41) is 8.76. The number of hydrogen-bond acceptors (Lipinski definition) is 3. The molecule has 2 aromatic rings. The van der Waals surface area contributed by atoms with Gasteiger partial charge in [0.25, 0.3) is 0 Å². The van der Waals surface area contributed by atoms with Gasteiger partial charge in [0.15, 0.2) is 5.82 Å². The molecule has 0 fully saturated rings. The quantitative estimate of drug-likeness (QED) is 0.538. The normalized spacial score (nSPS) is 13.0. The molecular weight excluding hydrogens is 434 g/mol. The van der Waals surface area contributed by atoms with Crippen LogP contribution in [0.5, 0.6) is 0 Å². The number of carbonyl (C=O) groups is 1. The van der Waals surface area contributed by atoms with Crippen LogP contribution in [0.3, 0.4) is 0 Å². The van der Waals surface area contributed by atoms with Gasteiger partial charge in [-0.1, -0.05) is 0 Å². The Hall–Kier alpha value is -2.43. The average Bonchev–Trinajstić information content (AvgIpc) is 2.53. The number of aromatic nitrogens is 2. The van der Waals surface area contributed by atoms with E-state index in [4.69, 9.17) is 5.11 Å². The first kappa shape index (κ1) is 19.9. The first-order chi connectivity index (χ1) is 11.9. The molecule has 1 aromatic heterocycles. The van der Waals surface area contributed by atoms with Gasteiger partial charge in [-0.15, -0.1) is 0 Å². The number of rotatable bonds is 3. The van der Waals surface area contributed by atoms with Gasteiger partial charge in [-0.05, 0) is 40.2 Å². The summed E-state index contributed by atoms with van der Waals surface area (Å²) in [4.78, 5) is 18.2. The highest BCUT2D eigenvalue weighted by atomic mass is 79.9. The van der Waals surface area contributed by atoms with Crippen LogP contribution in [0.15, 0.2) is 34.9 Å². The number of aliphatic carboxylic acids is 1. The van der Waals surface area contributed by atoms with Crippen LogP contribution in [0.1, 0.15) is 17.0 Å². The minimum atomic E-state index is -4.99. The predicted octanol–water partition coefficient (Wildman–Crippen LogP) is 5.00. The fourth-order valence-corrected chi connectivity index (χ4v) is 2.09. The molecule has 0 saturated heterocycles. The van der Waals surface area contributed by atoms with E-state index in [1.54, 1.807) is 0 Å². The average molecular weight is 441 g/mol. The second kappa shape index (κ2) is 7.06. The van der Waals surface area contributed by atoms with Crippen LogP contribution in [-0.4, -0.2) is 21.0 Å². The topological polar surface area (TPSA) is 63.1 Å². The van der Waals surface area contributed by atoms with E-state index in [0.717, 1.165) is 18.3 Å². The van der Waals surface area contributed by atoms with Gasteiger partial charge in [0.05, 0.1) is 16.8 Å². The molecule has 1 aromatic carbocycles. The standard InChI is InChI=1S/C15H7BrF6N2O2/c16-10(13(25)26)6-12-23-2-1-11(24-12)7-3-8(14(17,18)19)5-9(4-7)15(20,21)22/h1-6H,(H,25,26)/b10-6+. The summed E-state index contributed by atoms with van der Waals surface area (Å²) in [6.07, 6.45) is -7.93. The van der Waals surface area contributed by atoms with E-state index in [1.807, 2.05) is 0 Å². The molecule has 0 aliphatic heterocycles. The van der Waals surface area contributed by atoms with Gasteiger partial charge >= 0.3 is 18.3 Å². The first-order valence-electron chi connectivity index (χ1n) is 6.61. The van der Waals surface area contributed by atoms with Crippen LogP contribution in [0.25, 0.3) is 17.3 Å². The molecule has 0 spiro atoms. The van der Waals surface area contributed by atoms with E-state index in [-0.39, 0.29) is 22.1 Å². The number of nitrogens with zero attached hydrogens (tertiary/aromatic N) is 2. The second-order valence-corrected chi connectivity index (χ2v) is 5.75. The smallest absolute Gasteiger partial charge is 0.416 e. The lowest BCUT2D eigenvalue weighted by atomic mass is 10.0. The van der Waals surface area contributed by atoms with Crippen LogP contribution < -0.4 is 0 Å². The monoisotopic (exact) mass is 440 g/mol. The third-order valence-corrected chi connectivity index (χ3v) is 3.59. The van der Waals surface area contributed by atoms with E-state index < -0.39 is 35.0 Å². The third kappa shape index (κ3) is 4.81. The zero-order valence-corrected chi connectivity index (χ0v) is 13.9. The van der Waals surface area contributed by atoms with Gasteiger partial charge in [-0.3, -0.25) is 0 Å². The van der Waals surface area contributed by atoms with Crippen molar-refractivity contribution in [2.45, 2.75) is 12.4 Å². The third-order valence-electron chi connectivity index (χ3n) is 3.02. The second-order valence-electron chi connectivity index (χ2n) is 4.89. The molecule has 0 aliphatic rings. The number of halogens is 7. The molecule has 26 heavy (non-hydrogen) atoms. The van der Waals surface area contributed by atoms with Gasteiger partial charge < -0.3 is 5.11 Å². The molecule has 11 heteroatoms. The van der Waals surface area contributed by atoms with Crippen LogP contribution in [0, 0.1) is 0 Å². The molecule has 0 radical (unpaired) electrons. The molecular formula is C15H7BrF6N2O2. The number of benzene rings is 1. The molecule has 0 aliphatic carbocycles. The van der Waals surface area contributed by atoms with Crippen molar-refractivity contribution >= 4 is 28.0 Å². The van der Waals surface area contributed by atoms with Crippen LogP contribution in [-0.2, 0) is 17.1 Å². The molecule has 0 amide bonds. The van der Waals surface area contributed by atoms with Gasteiger partial charge in [-0.25, -0.2) is 14.8 Å². The molecule has 0 atom stereocenters. The first-order valence-corrected chi connectivity index (χ1v) is 7.40. The Labute approximate surface area is 150 Å². The summed E-state index contributed by atoms with van der Waals surface area (Å²) in [6, 6.07) is 2.17. The summed E-state index contributed by atoms with van der Waals surface area (Å²) in [5.74, 6) is -1.56. The van der Waals surface area contributed by atoms with Crippen molar-refractivity contribution in [2.24, 2.45) is 0 Å². The van der Waals surface area contributed by atoms with Crippen molar-refractivity contribution in [3.63, 3.8) is 0 Å². The predicted molar refractivity (Wildman–Crippen MR) is 82.0 cm³/mol. The Balaban J connectivity index is 2.61. The highest BCUT2D eigenvalue weighted by Crippen LogP contribution is 2.38. The zero-order chi connectivity index (χ0) is 19.7. The molecule has 0 saturated carbocycles. The molecule has 138 valence electrons. The van der Waals surface area contributed by atoms with Gasteiger partial charge in [0, 0.05) is 17.8 Å². The fraction of sp³-hybridized carbons (Fsp3) is 0.133. The highest BCUT2D eigenvalue weighted by Gasteiger charge is 2.37. The summed E-state index contributed by atoms with van der Waals surface area (Å²) in [6.45, 7) is 0. The van der Waals surface area contributed by atoms with E-state index in [0.29, 0.717) is 12.1 Å². The maximum absolute atomic E-state index is 12.9. The van der Waals surface area contributed by atoms with Crippen molar-refractivity contribution < 1.29 is 36.2 Å². The summed E-state index contributed by atoms with van der Waals surface area (Å²) >= 11 is 2.72. The van der Waals surface area contributed by atoms with Crippen LogP contribution in [0.2, 0.25) is 0 Å². The van der Waals surface area contributed by atoms with Gasteiger partial charge in [0.2, 0.25) is 0 Å². The fourth-order valence-electron chi connectivity index (χ4n) is 1.88. The summed E-state index contributed by atoms with van der Waals surface area (Å²) in [7, 11) is 0. The molecule has 1 heterocycles. The van der Waals surface area contributed by atoms with Gasteiger partial charge in [0.1, 0.15) is 4.48 Å². The van der Waals surface area contributed by atoms with E-state index >= 15 is 0 Å². The van der Waals surface area contributed by atoms with Gasteiger partial charge in [-0.2, -0.15) is 26.3 Å². The SMILES string of the molecule is O=C(O)/C(Br)=C\c1nccc(-c2cc(C(F)(F)F)cc(C(F)(F)F)c2)n1. The van der Waals surface area contributed by atoms with E-state index in [2.05, 4.69) is 25.9 Å². The molecule has 0 bridgehead atoms. The largest absolute Gasteiger partial charge is 0.477 e. The van der Waals surface area contributed by atoms with Crippen molar-refractivity contribution in [1.29, 1.82) is 0 Å². The summed E-state index contributed by atoms with van der Waals surface area (Å²) < 4.78 is 77.1. The zero-order valence-electron chi connectivity index (χ0n) is 12.4. The Kier molecular flexibility index (Phi) is 5.40. The Bertz CT molecular complexity index is 845. The molecule has 4 nitrogen and oxygen atoms in total.